The molecule has 1 aromatic carbocycles. The molecule has 0 amide bonds. The molecule has 4 nitrogen and oxygen atoms in total. The lowest BCUT2D eigenvalue weighted by Crippen LogP contribution is -2.08. The lowest BCUT2D eigenvalue weighted by Gasteiger charge is -2.07. The van der Waals surface area contributed by atoms with Crippen LogP contribution in [0.4, 0.5) is 0 Å². The number of aromatic nitrogens is 2. The van der Waals surface area contributed by atoms with Gasteiger partial charge in [0, 0.05) is 17.0 Å². The van der Waals surface area contributed by atoms with Gasteiger partial charge < -0.3 is 9.84 Å². The Bertz CT molecular complexity index is 567. The molecule has 0 bridgehead atoms. The maximum atomic E-state index is 5.44. The highest BCUT2D eigenvalue weighted by Crippen LogP contribution is 2.28. The minimum Gasteiger partial charge on any atom is -0.339 e. The van der Waals surface area contributed by atoms with Crippen molar-refractivity contribution in [1.29, 1.82) is 0 Å². The number of hydrogen-bond donors (Lipinski definition) is 1. The number of benzene rings is 1. The summed E-state index contributed by atoms with van der Waals surface area (Å²) in [7, 11) is 0. The summed E-state index contributed by atoms with van der Waals surface area (Å²) in [5, 5.41) is 7.48. The maximum Gasteiger partial charge on any atom is 0.231 e. The highest BCUT2D eigenvalue weighted by atomic mass is 32.2. The van der Waals surface area contributed by atoms with E-state index < -0.39 is 0 Å². The van der Waals surface area contributed by atoms with Crippen LogP contribution in [0.1, 0.15) is 25.7 Å². The van der Waals surface area contributed by atoms with E-state index in [2.05, 4.69) is 53.6 Å². The monoisotopic (exact) mass is 289 g/mol. The van der Waals surface area contributed by atoms with E-state index in [1.807, 2.05) is 11.8 Å². The summed E-state index contributed by atoms with van der Waals surface area (Å²) in [4.78, 5) is 5.84. The largest absolute Gasteiger partial charge is 0.339 e. The molecule has 1 aliphatic heterocycles. The van der Waals surface area contributed by atoms with Crippen LogP contribution in [0, 0.1) is 5.92 Å². The average Bonchev–Trinajstić information content (AvgIpc) is 3.08. The van der Waals surface area contributed by atoms with Crippen molar-refractivity contribution in [2.45, 2.75) is 24.7 Å². The van der Waals surface area contributed by atoms with Gasteiger partial charge in [0.1, 0.15) is 0 Å². The van der Waals surface area contributed by atoms with Crippen molar-refractivity contribution >= 4 is 11.8 Å². The number of thioether (sulfide) groups is 1. The van der Waals surface area contributed by atoms with Crippen molar-refractivity contribution < 1.29 is 4.52 Å². The molecule has 0 unspecified atom stereocenters. The lowest BCUT2D eigenvalue weighted by molar-refractivity contribution is 0.340. The third-order valence-electron chi connectivity index (χ3n) is 3.70. The van der Waals surface area contributed by atoms with Gasteiger partial charge in [0.2, 0.25) is 11.7 Å². The molecule has 0 aliphatic carbocycles. The van der Waals surface area contributed by atoms with Crippen molar-refractivity contribution in [3.8, 4) is 11.4 Å². The van der Waals surface area contributed by atoms with E-state index in [9.17, 15) is 0 Å². The average molecular weight is 289 g/mol. The molecule has 2 atom stereocenters. The van der Waals surface area contributed by atoms with E-state index in [1.165, 1.54) is 4.90 Å². The number of rotatable bonds is 4. The Kier molecular flexibility index (Phi) is 4.08. The van der Waals surface area contributed by atoms with Crippen LogP contribution < -0.4 is 5.32 Å². The second-order valence-electron chi connectivity index (χ2n) is 5.16. The fourth-order valence-electron chi connectivity index (χ4n) is 2.51. The standard InChI is InChI=1S/C15H19N3OS/c1-3-20-12-6-4-11(5-7-12)14-17-15(19-18-14)13-9-16-8-10(13)2/h4-7,10,13,16H,3,8-9H2,1-2H3/t10-,13-/m1/s1. The Labute approximate surface area is 123 Å². The summed E-state index contributed by atoms with van der Waals surface area (Å²) >= 11 is 1.83. The second-order valence-corrected chi connectivity index (χ2v) is 6.49. The summed E-state index contributed by atoms with van der Waals surface area (Å²) in [6, 6.07) is 8.34. The maximum absolute atomic E-state index is 5.44. The van der Waals surface area contributed by atoms with Crippen molar-refractivity contribution in [3.05, 3.63) is 30.2 Å². The van der Waals surface area contributed by atoms with E-state index in [-0.39, 0.29) is 0 Å². The predicted octanol–water partition coefficient (Wildman–Crippen LogP) is 3.17. The number of nitrogens with one attached hydrogen (secondary N) is 1. The summed E-state index contributed by atoms with van der Waals surface area (Å²) in [5.41, 5.74) is 1.01. The number of nitrogens with zero attached hydrogens (tertiary/aromatic N) is 2. The first-order valence-electron chi connectivity index (χ1n) is 7.05. The van der Waals surface area contributed by atoms with Crippen LogP contribution in [-0.4, -0.2) is 29.0 Å². The first kappa shape index (κ1) is 13.6. The fourth-order valence-corrected chi connectivity index (χ4v) is 3.17. The Morgan fingerprint density at radius 3 is 2.75 bits per heavy atom. The second kappa shape index (κ2) is 5.97. The Hall–Kier alpha value is -1.33. The van der Waals surface area contributed by atoms with Crippen molar-refractivity contribution in [1.82, 2.24) is 15.5 Å². The normalized spacial score (nSPS) is 22.3. The van der Waals surface area contributed by atoms with Gasteiger partial charge in [-0.15, -0.1) is 11.8 Å². The minimum absolute atomic E-state index is 0.339. The molecular weight excluding hydrogens is 270 g/mol. The van der Waals surface area contributed by atoms with Crippen molar-refractivity contribution in [2.24, 2.45) is 5.92 Å². The molecule has 20 heavy (non-hydrogen) atoms. The molecular formula is C15H19N3OS. The van der Waals surface area contributed by atoms with E-state index in [1.54, 1.807) is 0 Å². The molecule has 0 saturated carbocycles. The summed E-state index contributed by atoms with van der Waals surface area (Å²) in [6.45, 7) is 6.31. The molecule has 1 fully saturated rings. The molecule has 1 aromatic heterocycles. The van der Waals surface area contributed by atoms with Gasteiger partial charge in [-0.25, -0.2) is 0 Å². The van der Waals surface area contributed by atoms with Gasteiger partial charge in [-0.3, -0.25) is 0 Å². The van der Waals surface area contributed by atoms with Crippen LogP contribution in [-0.2, 0) is 0 Å². The molecule has 5 heteroatoms. The molecule has 2 heterocycles. The van der Waals surface area contributed by atoms with Crippen LogP contribution in [0.3, 0.4) is 0 Å². The fraction of sp³-hybridized carbons (Fsp3) is 0.467. The minimum atomic E-state index is 0.339. The molecule has 1 aliphatic rings. The van der Waals surface area contributed by atoms with E-state index >= 15 is 0 Å². The molecule has 1 N–H and O–H groups in total. The first-order valence-corrected chi connectivity index (χ1v) is 8.04. The highest BCUT2D eigenvalue weighted by molar-refractivity contribution is 7.99. The van der Waals surface area contributed by atoms with Gasteiger partial charge in [-0.1, -0.05) is 19.0 Å². The summed E-state index contributed by atoms with van der Waals surface area (Å²) in [6.07, 6.45) is 0. The Balaban J connectivity index is 1.79. The molecule has 0 radical (unpaired) electrons. The van der Waals surface area contributed by atoms with Gasteiger partial charge in [-0.05, 0) is 42.5 Å². The van der Waals surface area contributed by atoms with Crippen molar-refractivity contribution in [3.63, 3.8) is 0 Å². The van der Waals surface area contributed by atoms with Crippen LogP contribution in [0.2, 0.25) is 0 Å². The van der Waals surface area contributed by atoms with Gasteiger partial charge in [0.15, 0.2) is 0 Å². The van der Waals surface area contributed by atoms with Crippen molar-refractivity contribution in [2.75, 3.05) is 18.8 Å². The molecule has 0 spiro atoms. The van der Waals surface area contributed by atoms with Gasteiger partial charge in [0.05, 0.1) is 5.92 Å². The van der Waals surface area contributed by atoms with E-state index in [4.69, 9.17) is 4.52 Å². The molecule has 106 valence electrons. The first-order chi connectivity index (χ1) is 9.78. The quantitative estimate of drug-likeness (QED) is 0.876. The van der Waals surface area contributed by atoms with Crippen LogP contribution >= 0.6 is 11.8 Å². The Morgan fingerprint density at radius 1 is 1.30 bits per heavy atom. The van der Waals surface area contributed by atoms with Crippen LogP contribution in [0.15, 0.2) is 33.7 Å². The third-order valence-corrected chi connectivity index (χ3v) is 4.59. The van der Waals surface area contributed by atoms with Gasteiger partial charge in [0.25, 0.3) is 0 Å². The lowest BCUT2D eigenvalue weighted by atomic mass is 9.98. The number of hydrogen-bond acceptors (Lipinski definition) is 5. The smallest absolute Gasteiger partial charge is 0.231 e. The topological polar surface area (TPSA) is 51.0 Å². The molecule has 2 aromatic rings. The zero-order valence-corrected chi connectivity index (χ0v) is 12.6. The summed E-state index contributed by atoms with van der Waals surface area (Å²) in [5.74, 6) is 3.41. The summed E-state index contributed by atoms with van der Waals surface area (Å²) < 4.78 is 5.44. The predicted molar refractivity (Wildman–Crippen MR) is 80.9 cm³/mol. The zero-order chi connectivity index (χ0) is 13.9. The van der Waals surface area contributed by atoms with Gasteiger partial charge in [-0.2, -0.15) is 4.98 Å². The molecule has 3 rings (SSSR count). The van der Waals surface area contributed by atoms with E-state index in [0.717, 1.165) is 30.3 Å². The van der Waals surface area contributed by atoms with Crippen LogP contribution in [0.25, 0.3) is 11.4 Å². The highest BCUT2D eigenvalue weighted by Gasteiger charge is 2.29. The van der Waals surface area contributed by atoms with E-state index in [0.29, 0.717) is 17.7 Å². The van der Waals surface area contributed by atoms with Gasteiger partial charge >= 0.3 is 0 Å². The Morgan fingerprint density at radius 2 is 2.10 bits per heavy atom. The van der Waals surface area contributed by atoms with Crippen LogP contribution in [0.5, 0.6) is 0 Å². The SMILES string of the molecule is CCSc1ccc(-c2noc([C@@H]3CNC[C@H]3C)n2)cc1. The molecule has 1 saturated heterocycles. The zero-order valence-electron chi connectivity index (χ0n) is 11.8. The third kappa shape index (κ3) is 2.74.